The van der Waals surface area contributed by atoms with E-state index in [1.165, 1.54) is 13.2 Å². The van der Waals surface area contributed by atoms with Gasteiger partial charge in [-0.2, -0.15) is 0 Å². The maximum absolute atomic E-state index is 13.4. The molecule has 1 atom stereocenters. The van der Waals surface area contributed by atoms with Gasteiger partial charge in [0.25, 0.3) is 0 Å². The molecule has 3 N–H and O–H groups in total. The molecule has 2 aromatic rings. The van der Waals surface area contributed by atoms with Gasteiger partial charge in [0.05, 0.1) is 19.7 Å². The maximum atomic E-state index is 13.4. The molecule has 0 spiro atoms. The monoisotopic (exact) mass is 363 g/mol. The van der Waals surface area contributed by atoms with E-state index in [9.17, 15) is 13.9 Å². The topological polar surface area (TPSA) is 65.9 Å². The number of aromatic hydroxyl groups is 1. The van der Waals surface area contributed by atoms with Crippen molar-refractivity contribution in [3.05, 3.63) is 59.2 Å². The van der Waals surface area contributed by atoms with Crippen LogP contribution < -0.4 is 15.4 Å². The summed E-state index contributed by atoms with van der Waals surface area (Å²) in [5.74, 6) is -0.782. The largest absolute Gasteiger partial charge is 0.504 e. The third kappa shape index (κ3) is 5.08. The lowest BCUT2D eigenvalue weighted by Crippen LogP contribution is -2.38. The summed E-state index contributed by atoms with van der Waals surface area (Å²) >= 11 is 0. The van der Waals surface area contributed by atoms with Crippen molar-refractivity contribution in [2.24, 2.45) is 4.99 Å². The van der Waals surface area contributed by atoms with Gasteiger partial charge in [0.1, 0.15) is 0 Å². The van der Waals surface area contributed by atoms with E-state index in [2.05, 4.69) is 15.6 Å². The summed E-state index contributed by atoms with van der Waals surface area (Å²) in [7, 11) is 1.49. The molecule has 0 aromatic heterocycles. The molecular weight excluding hydrogens is 340 g/mol. The predicted molar refractivity (Wildman–Crippen MR) is 97.4 cm³/mol. The molecule has 2 rings (SSSR count). The van der Waals surface area contributed by atoms with Crippen molar-refractivity contribution in [3.8, 4) is 11.5 Å². The maximum Gasteiger partial charge on any atom is 0.192 e. The van der Waals surface area contributed by atoms with Gasteiger partial charge in [-0.15, -0.1) is 0 Å². The first kappa shape index (κ1) is 19.5. The number of phenols is 1. The van der Waals surface area contributed by atoms with Gasteiger partial charge in [-0.3, -0.25) is 0 Å². The van der Waals surface area contributed by atoms with Crippen LogP contribution in [0.3, 0.4) is 0 Å². The zero-order chi connectivity index (χ0) is 19.1. The fraction of sp³-hybridized carbons (Fsp3) is 0.316. The van der Waals surface area contributed by atoms with Crippen LogP contribution in [0.25, 0.3) is 0 Å². The van der Waals surface area contributed by atoms with Gasteiger partial charge in [-0.1, -0.05) is 12.1 Å². The van der Waals surface area contributed by atoms with Crippen molar-refractivity contribution in [2.45, 2.75) is 26.4 Å². The number of hydrogen-bond donors (Lipinski definition) is 3. The van der Waals surface area contributed by atoms with E-state index in [-0.39, 0.29) is 11.8 Å². The van der Waals surface area contributed by atoms with Crippen molar-refractivity contribution in [2.75, 3.05) is 13.7 Å². The van der Waals surface area contributed by atoms with Gasteiger partial charge in [0.2, 0.25) is 0 Å². The molecule has 7 heteroatoms. The summed E-state index contributed by atoms with van der Waals surface area (Å²) in [5.41, 5.74) is 1.41. The molecule has 2 aromatic carbocycles. The van der Waals surface area contributed by atoms with Crippen molar-refractivity contribution >= 4 is 5.96 Å². The molecule has 0 aliphatic heterocycles. The zero-order valence-electron chi connectivity index (χ0n) is 15.0. The quantitative estimate of drug-likeness (QED) is 0.543. The summed E-state index contributed by atoms with van der Waals surface area (Å²) in [6, 6.07) is 8.60. The SMILES string of the molecule is CCNC(=NCc1ccc(OC)c(O)c1)NC(C)c1ccc(F)c(F)c1. The van der Waals surface area contributed by atoms with Gasteiger partial charge in [-0.25, -0.2) is 13.8 Å². The van der Waals surface area contributed by atoms with Crippen molar-refractivity contribution in [1.82, 2.24) is 10.6 Å². The standard InChI is InChI=1S/C19H23F2N3O2/c1-4-22-19(23-11-13-5-8-18(26-3)17(25)9-13)24-12(2)14-6-7-15(20)16(21)10-14/h5-10,12,25H,4,11H2,1-3H3,(H2,22,23,24). The highest BCUT2D eigenvalue weighted by atomic mass is 19.2. The summed E-state index contributed by atoms with van der Waals surface area (Å²) in [6.45, 7) is 4.74. The summed E-state index contributed by atoms with van der Waals surface area (Å²) in [5, 5.41) is 16.1. The van der Waals surface area contributed by atoms with E-state index in [0.29, 0.717) is 30.4 Å². The first-order chi connectivity index (χ1) is 12.4. The summed E-state index contributed by atoms with van der Waals surface area (Å²) < 4.78 is 31.5. The Balaban J connectivity index is 2.10. The third-order valence-electron chi connectivity index (χ3n) is 3.80. The Morgan fingerprint density at radius 3 is 2.58 bits per heavy atom. The minimum Gasteiger partial charge on any atom is -0.504 e. The van der Waals surface area contributed by atoms with Crippen LogP contribution in [-0.2, 0) is 6.54 Å². The number of nitrogens with one attached hydrogen (secondary N) is 2. The smallest absolute Gasteiger partial charge is 0.192 e. The van der Waals surface area contributed by atoms with Gasteiger partial charge >= 0.3 is 0 Å². The Labute approximate surface area is 151 Å². The number of aliphatic imine (C=N–C) groups is 1. The number of halogens is 2. The Morgan fingerprint density at radius 1 is 1.19 bits per heavy atom. The van der Waals surface area contributed by atoms with Crippen LogP contribution in [0.4, 0.5) is 8.78 Å². The van der Waals surface area contributed by atoms with Gasteiger partial charge < -0.3 is 20.5 Å². The number of rotatable bonds is 6. The molecule has 26 heavy (non-hydrogen) atoms. The van der Waals surface area contributed by atoms with Crippen LogP contribution >= 0.6 is 0 Å². The van der Waals surface area contributed by atoms with Crippen LogP contribution in [0.1, 0.15) is 31.0 Å². The minimum atomic E-state index is -0.883. The molecule has 140 valence electrons. The van der Waals surface area contributed by atoms with E-state index < -0.39 is 11.6 Å². The highest BCUT2D eigenvalue weighted by Crippen LogP contribution is 2.26. The number of methoxy groups -OCH3 is 1. The molecule has 0 saturated carbocycles. The first-order valence-electron chi connectivity index (χ1n) is 8.30. The lowest BCUT2D eigenvalue weighted by atomic mass is 10.1. The second-order valence-electron chi connectivity index (χ2n) is 5.74. The van der Waals surface area contributed by atoms with E-state index in [0.717, 1.165) is 17.7 Å². The number of benzene rings is 2. The number of hydrogen-bond acceptors (Lipinski definition) is 3. The average molecular weight is 363 g/mol. The van der Waals surface area contributed by atoms with Crippen molar-refractivity contribution < 1.29 is 18.6 Å². The Morgan fingerprint density at radius 2 is 1.96 bits per heavy atom. The van der Waals surface area contributed by atoms with Crippen molar-refractivity contribution in [1.29, 1.82) is 0 Å². The van der Waals surface area contributed by atoms with Crippen LogP contribution in [0, 0.1) is 11.6 Å². The molecule has 0 aliphatic carbocycles. The predicted octanol–water partition coefficient (Wildman–Crippen LogP) is 3.50. The van der Waals surface area contributed by atoms with E-state index in [4.69, 9.17) is 4.74 Å². The number of phenolic OH excluding ortho intramolecular Hbond substituents is 1. The zero-order valence-corrected chi connectivity index (χ0v) is 15.0. The van der Waals surface area contributed by atoms with Crippen LogP contribution in [0.5, 0.6) is 11.5 Å². The summed E-state index contributed by atoms with van der Waals surface area (Å²) in [6.07, 6.45) is 0. The molecule has 0 heterocycles. The van der Waals surface area contributed by atoms with Gasteiger partial charge in [0.15, 0.2) is 29.1 Å². The molecule has 5 nitrogen and oxygen atoms in total. The van der Waals surface area contributed by atoms with Gasteiger partial charge in [-0.05, 0) is 49.2 Å². The van der Waals surface area contributed by atoms with E-state index in [1.54, 1.807) is 12.1 Å². The normalized spacial score (nSPS) is 12.6. The van der Waals surface area contributed by atoms with E-state index >= 15 is 0 Å². The number of guanidine groups is 1. The second-order valence-corrected chi connectivity index (χ2v) is 5.74. The molecule has 0 bridgehead atoms. The highest BCUT2D eigenvalue weighted by Gasteiger charge is 2.11. The lowest BCUT2D eigenvalue weighted by Gasteiger charge is -2.18. The third-order valence-corrected chi connectivity index (χ3v) is 3.80. The number of ether oxygens (including phenoxy) is 1. The number of nitrogens with zero attached hydrogens (tertiary/aromatic N) is 1. The lowest BCUT2D eigenvalue weighted by molar-refractivity contribution is 0.373. The summed E-state index contributed by atoms with van der Waals surface area (Å²) in [4.78, 5) is 4.46. The second kappa shape index (κ2) is 9.03. The van der Waals surface area contributed by atoms with Gasteiger partial charge in [0, 0.05) is 6.54 Å². The fourth-order valence-electron chi connectivity index (χ4n) is 2.39. The van der Waals surface area contributed by atoms with Crippen LogP contribution in [-0.4, -0.2) is 24.7 Å². The van der Waals surface area contributed by atoms with Crippen LogP contribution in [0.2, 0.25) is 0 Å². The fourth-order valence-corrected chi connectivity index (χ4v) is 2.39. The molecule has 0 amide bonds. The molecular formula is C19H23F2N3O2. The first-order valence-corrected chi connectivity index (χ1v) is 8.30. The van der Waals surface area contributed by atoms with Crippen LogP contribution in [0.15, 0.2) is 41.4 Å². The molecule has 0 aliphatic rings. The van der Waals surface area contributed by atoms with E-state index in [1.807, 2.05) is 19.9 Å². The minimum absolute atomic E-state index is 0.0494. The molecule has 0 fully saturated rings. The Kier molecular flexibility index (Phi) is 6.77. The highest BCUT2D eigenvalue weighted by molar-refractivity contribution is 5.80. The molecule has 0 saturated heterocycles. The Hall–Kier alpha value is -2.83. The molecule has 1 unspecified atom stereocenters. The Bertz CT molecular complexity index is 781. The average Bonchev–Trinajstić information content (AvgIpc) is 2.62. The molecule has 0 radical (unpaired) electrons. The van der Waals surface area contributed by atoms with Crippen molar-refractivity contribution in [3.63, 3.8) is 0 Å².